The van der Waals surface area contributed by atoms with Crippen molar-refractivity contribution in [3.63, 3.8) is 0 Å². The zero-order valence-corrected chi connectivity index (χ0v) is 16.0. The van der Waals surface area contributed by atoms with Crippen LogP contribution in [0, 0.1) is 0 Å². The van der Waals surface area contributed by atoms with E-state index in [0.29, 0.717) is 6.04 Å². The van der Waals surface area contributed by atoms with Gasteiger partial charge in [0.05, 0.1) is 7.11 Å². The maximum atomic E-state index is 12.1. The SMILES string of the molecule is COc1ccccc1CCNc1ccc(NC(=O)NC2CCCCC2)cc1. The Labute approximate surface area is 161 Å². The second kappa shape index (κ2) is 9.86. The Morgan fingerprint density at radius 2 is 1.70 bits per heavy atom. The summed E-state index contributed by atoms with van der Waals surface area (Å²) in [6.45, 7) is 0.815. The van der Waals surface area contributed by atoms with E-state index in [4.69, 9.17) is 4.74 Å². The van der Waals surface area contributed by atoms with Gasteiger partial charge in [-0.2, -0.15) is 0 Å². The number of methoxy groups -OCH3 is 1. The van der Waals surface area contributed by atoms with Crippen LogP contribution in [0.15, 0.2) is 48.5 Å². The van der Waals surface area contributed by atoms with Crippen molar-refractivity contribution in [2.75, 3.05) is 24.3 Å². The molecule has 0 unspecified atom stereocenters. The Bertz CT molecular complexity index is 725. The lowest BCUT2D eigenvalue weighted by Gasteiger charge is -2.22. The number of benzene rings is 2. The van der Waals surface area contributed by atoms with Crippen molar-refractivity contribution < 1.29 is 9.53 Å². The van der Waals surface area contributed by atoms with Crippen molar-refractivity contribution in [3.05, 3.63) is 54.1 Å². The number of hydrogen-bond donors (Lipinski definition) is 3. The quantitative estimate of drug-likeness (QED) is 0.658. The van der Waals surface area contributed by atoms with Gasteiger partial charge < -0.3 is 20.7 Å². The smallest absolute Gasteiger partial charge is 0.319 e. The maximum Gasteiger partial charge on any atom is 0.319 e. The van der Waals surface area contributed by atoms with Crippen molar-refractivity contribution in [2.24, 2.45) is 0 Å². The molecule has 1 fully saturated rings. The zero-order valence-electron chi connectivity index (χ0n) is 16.0. The molecule has 0 radical (unpaired) electrons. The predicted molar refractivity (Wildman–Crippen MR) is 111 cm³/mol. The molecule has 0 bridgehead atoms. The predicted octanol–water partition coefficient (Wildman–Crippen LogP) is 4.80. The van der Waals surface area contributed by atoms with Crippen LogP contribution in [-0.2, 0) is 6.42 Å². The van der Waals surface area contributed by atoms with Crippen LogP contribution < -0.4 is 20.7 Å². The molecule has 0 atom stereocenters. The Balaban J connectivity index is 1.43. The van der Waals surface area contributed by atoms with Crippen LogP contribution in [0.25, 0.3) is 0 Å². The number of anilines is 2. The van der Waals surface area contributed by atoms with E-state index < -0.39 is 0 Å². The van der Waals surface area contributed by atoms with Gasteiger partial charge in [0.1, 0.15) is 5.75 Å². The standard InChI is InChI=1S/C22H29N3O2/c1-27-21-10-6-5-7-17(21)15-16-23-18-11-13-20(14-12-18)25-22(26)24-19-8-3-2-4-9-19/h5-7,10-14,19,23H,2-4,8-9,15-16H2,1H3,(H2,24,25,26). The van der Waals surface area contributed by atoms with Gasteiger partial charge in [-0.3, -0.25) is 0 Å². The van der Waals surface area contributed by atoms with E-state index in [0.717, 1.165) is 42.9 Å². The average molecular weight is 367 g/mol. The van der Waals surface area contributed by atoms with Crippen molar-refractivity contribution in [2.45, 2.75) is 44.6 Å². The molecule has 0 spiro atoms. The summed E-state index contributed by atoms with van der Waals surface area (Å²) in [6.07, 6.45) is 6.75. The molecule has 1 aliphatic carbocycles. The second-order valence-electron chi connectivity index (χ2n) is 7.00. The van der Waals surface area contributed by atoms with Crippen LogP contribution in [0.1, 0.15) is 37.7 Å². The molecule has 1 saturated carbocycles. The molecule has 2 amide bonds. The minimum Gasteiger partial charge on any atom is -0.496 e. The first-order valence-electron chi connectivity index (χ1n) is 9.78. The van der Waals surface area contributed by atoms with Crippen molar-refractivity contribution >= 4 is 17.4 Å². The van der Waals surface area contributed by atoms with E-state index in [1.54, 1.807) is 7.11 Å². The number of nitrogens with one attached hydrogen (secondary N) is 3. The summed E-state index contributed by atoms with van der Waals surface area (Å²) in [4.78, 5) is 12.1. The van der Waals surface area contributed by atoms with Gasteiger partial charge >= 0.3 is 6.03 Å². The van der Waals surface area contributed by atoms with Crippen LogP contribution in [0.3, 0.4) is 0 Å². The highest BCUT2D eigenvalue weighted by Crippen LogP contribution is 2.19. The molecule has 144 valence electrons. The summed E-state index contributed by atoms with van der Waals surface area (Å²) in [5, 5.41) is 9.39. The second-order valence-corrected chi connectivity index (χ2v) is 7.00. The Morgan fingerprint density at radius 1 is 1.00 bits per heavy atom. The monoisotopic (exact) mass is 367 g/mol. The van der Waals surface area contributed by atoms with E-state index in [1.165, 1.54) is 24.8 Å². The number of para-hydroxylation sites is 1. The van der Waals surface area contributed by atoms with E-state index in [2.05, 4.69) is 22.0 Å². The van der Waals surface area contributed by atoms with Crippen LogP contribution in [-0.4, -0.2) is 25.7 Å². The minimum absolute atomic E-state index is 0.112. The number of hydrogen-bond acceptors (Lipinski definition) is 3. The van der Waals surface area contributed by atoms with Gasteiger partial charge in [0.25, 0.3) is 0 Å². The van der Waals surface area contributed by atoms with Crippen molar-refractivity contribution in [1.29, 1.82) is 0 Å². The van der Waals surface area contributed by atoms with Gasteiger partial charge in [0.15, 0.2) is 0 Å². The minimum atomic E-state index is -0.112. The molecule has 1 aliphatic rings. The first-order valence-corrected chi connectivity index (χ1v) is 9.78. The topological polar surface area (TPSA) is 62.4 Å². The van der Waals surface area contributed by atoms with Crippen LogP contribution in [0.5, 0.6) is 5.75 Å². The maximum absolute atomic E-state index is 12.1. The fourth-order valence-corrected chi connectivity index (χ4v) is 3.52. The van der Waals surface area contributed by atoms with Gasteiger partial charge in [-0.1, -0.05) is 37.5 Å². The Hall–Kier alpha value is -2.69. The fraction of sp³-hybridized carbons (Fsp3) is 0.409. The van der Waals surface area contributed by atoms with Gasteiger partial charge in [0, 0.05) is 24.0 Å². The Kier molecular flexibility index (Phi) is 6.97. The normalized spacial score (nSPS) is 14.4. The third-order valence-electron chi connectivity index (χ3n) is 5.00. The van der Waals surface area contributed by atoms with Gasteiger partial charge in [-0.15, -0.1) is 0 Å². The summed E-state index contributed by atoms with van der Waals surface area (Å²) >= 11 is 0. The summed E-state index contributed by atoms with van der Waals surface area (Å²) in [7, 11) is 1.70. The number of carbonyl (C=O) groups is 1. The largest absolute Gasteiger partial charge is 0.496 e. The number of carbonyl (C=O) groups excluding carboxylic acids is 1. The summed E-state index contributed by atoms with van der Waals surface area (Å²) < 4.78 is 5.38. The summed E-state index contributed by atoms with van der Waals surface area (Å²) in [5.41, 5.74) is 3.02. The zero-order chi connectivity index (χ0) is 18.9. The van der Waals surface area contributed by atoms with Crippen LogP contribution in [0.2, 0.25) is 0 Å². The molecule has 2 aromatic rings. The highest BCUT2D eigenvalue weighted by Gasteiger charge is 2.15. The lowest BCUT2D eigenvalue weighted by Crippen LogP contribution is -2.38. The third kappa shape index (κ3) is 5.91. The molecule has 2 aromatic carbocycles. The van der Waals surface area contributed by atoms with Gasteiger partial charge in [-0.05, 0) is 55.2 Å². The number of rotatable bonds is 7. The molecular weight excluding hydrogens is 338 g/mol. The average Bonchev–Trinajstić information content (AvgIpc) is 2.70. The van der Waals surface area contributed by atoms with E-state index in [-0.39, 0.29) is 6.03 Å². The molecular formula is C22H29N3O2. The lowest BCUT2D eigenvalue weighted by atomic mass is 9.96. The summed E-state index contributed by atoms with van der Waals surface area (Å²) in [6, 6.07) is 16.1. The molecule has 0 aliphatic heterocycles. The first-order chi connectivity index (χ1) is 13.2. The molecule has 5 nitrogen and oxygen atoms in total. The third-order valence-corrected chi connectivity index (χ3v) is 5.00. The highest BCUT2D eigenvalue weighted by atomic mass is 16.5. The van der Waals surface area contributed by atoms with Gasteiger partial charge in [0.2, 0.25) is 0 Å². The Morgan fingerprint density at radius 3 is 2.44 bits per heavy atom. The number of urea groups is 1. The lowest BCUT2D eigenvalue weighted by molar-refractivity contribution is 0.244. The molecule has 5 heteroatoms. The number of ether oxygens (including phenoxy) is 1. The van der Waals surface area contributed by atoms with E-state index in [9.17, 15) is 4.79 Å². The van der Waals surface area contributed by atoms with Crippen LogP contribution in [0.4, 0.5) is 16.2 Å². The van der Waals surface area contributed by atoms with Crippen LogP contribution >= 0.6 is 0 Å². The molecule has 0 aromatic heterocycles. The molecule has 3 N–H and O–H groups in total. The molecule has 3 rings (SSSR count). The first kappa shape index (κ1) is 19.1. The van der Waals surface area contributed by atoms with E-state index >= 15 is 0 Å². The summed E-state index contributed by atoms with van der Waals surface area (Å²) in [5.74, 6) is 0.919. The highest BCUT2D eigenvalue weighted by molar-refractivity contribution is 5.89. The molecule has 0 heterocycles. The van der Waals surface area contributed by atoms with Crippen molar-refractivity contribution in [1.82, 2.24) is 5.32 Å². The van der Waals surface area contributed by atoms with E-state index in [1.807, 2.05) is 42.5 Å². The fourth-order valence-electron chi connectivity index (χ4n) is 3.52. The van der Waals surface area contributed by atoms with Crippen molar-refractivity contribution in [3.8, 4) is 5.75 Å². The molecule has 27 heavy (non-hydrogen) atoms. The van der Waals surface area contributed by atoms with Gasteiger partial charge in [-0.25, -0.2) is 4.79 Å². The molecule has 0 saturated heterocycles. The number of amides is 2.